The first-order valence-corrected chi connectivity index (χ1v) is 6.70. The molecule has 1 aromatic heterocycles. The number of nitrogens with one attached hydrogen (secondary N) is 1. The van der Waals surface area contributed by atoms with Gasteiger partial charge in [0.25, 0.3) is 0 Å². The Morgan fingerprint density at radius 3 is 2.78 bits per heavy atom. The molecule has 0 aliphatic heterocycles. The van der Waals surface area contributed by atoms with Crippen LogP contribution in [0.3, 0.4) is 0 Å². The molecule has 0 aromatic carbocycles. The number of aliphatic hydroxyl groups excluding tert-OH is 1. The van der Waals surface area contributed by atoms with Crippen LogP contribution < -0.4 is 5.32 Å². The minimum atomic E-state index is -0.291. The molecule has 1 aromatic rings. The average Bonchev–Trinajstić information content (AvgIpc) is 2.39. The van der Waals surface area contributed by atoms with Gasteiger partial charge in [-0.15, -0.1) is 0 Å². The van der Waals surface area contributed by atoms with Gasteiger partial charge in [-0.3, -0.25) is 4.98 Å². The predicted octanol–water partition coefficient (Wildman–Crippen LogP) is 2.11. The van der Waals surface area contributed by atoms with Crippen LogP contribution in [0, 0.1) is 17.7 Å². The summed E-state index contributed by atoms with van der Waals surface area (Å²) in [6, 6.07) is 1.50. The molecule has 2 atom stereocenters. The summed E-state index contributed by atoms with van der Waals surface area (Å²) in [4.78, 5) is 3.83. The van der Waals surface area contributed by atoms with Crippen LogP contribution in [-0.2, 0) is 6.54 Å². The lowest BCUT2D eigenvalue weighted by Crippen LogP contribution is -2.32. The van der Waals surface area contributed by atoms with Gasteiger partial charge in [0.1, 0.15) is 5.82 Å². The molecule has 1 heterocycles. The van der Waals surface area contributed by atoms with Crippen molar-refractivity contribution in [3.8, 4) is 0 Å². The summed E-state index contributed by atoms with van der Waals surface area (Å²) in [6.07, 6.45) is 7.69. The van der Waals surface area contributed by atoms with E-state index >= 15 is 0 Å². The highest BCUT2D eigenvalue weighted by Crippen LogP contribution is 2.29. The fourth-order valence-corrected chi connectivity index (χ4v) is 2.75. The van der Waals surface area contributed by atoms with Gasteiger partial charge in [-0.2, -0.15) is 0 Å². The molecule has 1 aliphatic rings. The largest absolute Gasteiger partial charge is 0.396 e. The van der Waals surface area contributed by atoms with Gasteiger partial charge in [0.05, 0.1) is 6.20 Å². The maximum absolute atomic E-state index is 12.9. The topological polar surface area (TPSA) is 45.1 Å². The first-order valence-electron chi connectivity index (χ1n) is 6.70. The monoisotopic (exact) mass is 252 g/mol. The Morgan fingerprint density at radius 1 is 1.28 bits per heavy atom. The van der Waals surface area contributed by atoms with Crippen LogP contribution in [0.4, 0.5) is 4.39 Å². The third-order valence-corrected chi connectivity index (χ3v) is 3.80. The highest BCUT2D eigenvalue weighted by atomic mass is 19.1. The first kappa shape index (κ1) is 13.4. The Balaban J connectivity index is 1.77. The minimum absolute atomic E-state index is 0.286. The van der Waals surface area contributed by atoms with Gasteiger partial charge in [0.2, 0.25) is 0 Å². The van der Waals surface area contributed by atoms with E-state index in [0.29, 0.717) is 18.4 Å². The number of aliphatic hydroxyl groups is 1. The molecule has 2 N–H and O–H groups in total. The zero-order valence-electron chi connectivity index (χ0n) is 10.6. The summed E-state index contributed by atoms with van der Waals surface area (Å²) >= 11 is 0. The van der Waals surface area contributed by atoms with Crippen molar-refractivity contribution >= 4 is 0 Å². The highest BCUT2D eigenvalue weighted by Gasteiger charge is 2.23. The standard InChI is InChI=1S/C14H21FN2O/c15-14-5-11(7-17-9-14)6-16-8-12-3-1-2-4-13(12)10-18/h5,7,9,12-13,16,18H,1-4,6,8,10H2. The van der Waals surface area contributed by atoms with E-state index in [4.69, 9.17) is 0 Å². The number of pyridine rings is 1. The van der Waals surface area contributed by atoms with Crippen LogP contribution in [0.5, 0.6) is 0 Å². The molecule has 4 heteroatoms. The van der Waals surface area contributed by atoms with Gasteiger partial charge in [-0.05, 0) is 42.9 Å². The number of rotatable bonds is 5. The van der Waals surface area contributed by atoms with Crippen molar-refractivity contribution in [3.05, 3.63) is 29.8 Å². The summed E-state index contributed by atoms with van der Waals surface area (Å²) in [5, 5.41) is 12.7. The zero-order chi connectivity index (χ0) is 12.8. The zero-order valence-corrected chi connectivity index (χ0v) is 10.6. The number of nitrogens with zero attached hydrogens (tertiary/aromatic N) is 1. The maximum atomic E-state index is 12.9. The molecule has 18 heavy (non-hydrogen) atoms. The quantitative estimate of drug-likeness (QED) is 0.843. The van der Waals surface area contributed by atoms with Gasteiger partial charge in [-0.25, -0.2) is 4.39 Å². The predicted molar refractivity (Wildman–Crippen MR) is 68.4 cm³/mol. The Bertz CT molecular complexity index is 373. The SMILES string of the molecule is OCC1CCCCC1CNCc1cncc(F)c1. The molecule has 0 radical (unpaired) electrons. The fraction of sp³-hybridized carbons (Fsp3) is 0.643. The molecule has 0 bridgehead atoms. The van der Waals surface area contributed by atoms with Crippen LogP contribution in [0.1, 0.15) is 31.2 Å². The minimum Gasteiger partial charge on any atom is -0.396 e. The van der Waals surface area contributed by atoms with Gasteiger partial charge in [0.15, 0.2) is 0 Å². The maximum Gasteiger partial charge on any atom is 0.141 e. The molecule has 0 amide bonds. The van der Waals surface area contributed by atoms with Gasteiger partial charge >= 0.3 is 0 Å². The van der Waals surface area contributed by atoms with Crippen LogP contribution in [0.2, 0.25) is 0 Å². The van der Waals surface area contributed by atoms with E-state index in [1.54, 1.807) is 6.20 Å². The van der Waals surface area contributed by atoms with Crippen molar-refractivity contribution in [3.63, 3.8) is 0 Å². The van der Waals surface area contributed by atoms with Gasteiger partial charge < -0.3 is 10.4 Å². The van der Waals surface area contributed by atoms with Crippen molar-refractivity contribution in [2.45, 2.75) is 32.2 Å². The molecule has 3 nitrogen and oxygen atoms in total. The molecule has 0 spiro atoms. The Labute approximate surface area is 107 Å². The van der Waals surface area contributed by atoms with Crippen molar-refractivity contribution in [1.29, 1.82) is 0 Å². The number of aromatic nitrogens is 1. The second-order valence-electron chi connectivity index (χ2n) is 5.13. The molecule has 0 saturated heterocycles. The number of hydrogen-bond donors (Lipinski definition) is 2. The van der Waals surface area contributed by atoms with E-state index in [1.165, 1.54) is 31.5 Å². The van der Waals surface area contributed by atoms with E-state index in [-0.39, 0.29) is 12.4 Å². The molecular weight excluding hydrogens is 231 g/mol. The van der Waals surface area contributed by atoms with Crippen molar-refractivity contribution in [1.82, 2.24) is 10.3 Å². The summed E-state index contributed by atoms with van der Waals surface area (Å²) in [5.41, 5.74) is 0.867. The van der Waals surface area contributed by atoms with Crippen molar-refractivity contribution in [2.24, 2.45) is 11.8 Å². The van der Waals surface area contributed by atoms with E-state index < -0.39 is 0 Å². The molecule has 2 rings (SSSR count). The van der Waals surface area contributed by atoms with Crippen molar-refractivity contribution < 1.29 is 9.50 Å². The van der Waals surface area contributed by atoms with Crippen molar-refractivity contribution in [2.75, 3.05) is 13.2 Å². The van der Waals surface area contributed by atoms with Gasteiger partial charge in [0, 0.05) is 19.3 Å². The lowest BCUT2D eigenvalue weighted by atomic mass is 9.79. The molecule has 2 unspecified atom stereocenters. The second kappa shape index (κ2) is 6.81. The van der Waals surface area contributed by atoms with E-state index in [0.717, 1.165) is 18.5 Å². The lowest BCUT2D eigenvalue weighted by molar-refractivity contribution is 0.133. The summed E-state index contributed by atoms with van der Waals surface area (Å²) in [6.45, 7) is 1.81. The third-order valence-electron chi connectivity index (χ3n) is 3.80. The van der Waals surface area contributed by atoms with Crippen LogP contribution >= 0.6 is 0 Å². The summed E-state index contributed by atoms with van der Waals surface area (Å²) < 4.78 is 12.9. The molecular formula is C14H21FN2O. The number of halogens is 1. The molecule has 1 fully saturated rings. The fourth-order valence-electron chi connectivity index (χ4n) is 2.75. The first-order chi connectivity index (χ1) is 8.79. The molecule has 1 aliphatic carbocycles. The van der Waals surface area contributed by atoms with E-state index in [9.17, 15) is 9.50 Å². The van der Waals surface area contributed by atoms with Crippen LogP contribution in [-0.4, -0.2) is 23.2 Å². The average molecular weight is 252 g/mol. The van der Waals surface area contributed by atoms with Crippen LogP contribution in [0.25, 0.3) is 0 Å². The van der Waals surface area contributed by atoms with Gasteiger partial charge in [-0.1, -0.05) is 12.8 Å². The van der Waals surface area contributed by atoms with E-state index in [1.807, 2.05) is 0 Å². The van der Waals surface area contributed by atoms with E-state index in [2.05, 4.69) is 10.3 Å². The molecule has 100 valence electrons. The third kappa shape index (κ3) is 3.75. The Kier molecular flexibility index (Phi) is 5.08. The smallest absolute Gasteiger partial charge is 0.141 e. The normalized spacial score (nSPS) is 24.1. The highest BCUT2D eigenvalue weighted by molar-refractivity contribution is 5.09. The van der Waals surface area contributed by atoms with Crippen LogP contribution in [0.15, 0.2) is 18.5 Å². The Morgan fingerprint density at radius 2 is 2.06 bits per heavy atom. The summed E-state index contributed by atoms with van der Waals surface area (Å²) in [7, 11) is 0. The number of hydrogen-bond acceptors (Lipinski definition) is 3. The Hall–Kier alpha value is -1.00. The molecule has 1 saturated carbocycles. The second-order valence-corrected chi connectivity index (χ2v) is 5.13. The summed E-state index contributed by atoms with van der Waals surface area (Å²) in [5.74, 6) is 0.683. The lowest BCUT2D eigenvalue weighted by Gasteiger charge is -2.30.